The van der Waals surface area contributed by atoms with Gasteiger partial charge in [0.25, 0.3) is 11.8 Å². The second kappa shape index (κ2) is 12.0. The molecule has 0 spiro atoms. The van der Waals surface area contributed by atoms with E-state index in [4.69, 9.17) is 0 Å². The van der Waals surface area contributed by atoms with Crippen LogP contribution in [-0.2, 0) is 9.59 Å². The number of rotatable bonds is 12. The van der Waals surface area contributed by atoms with Gasteiger partial charge in [0, 0.05) is 37.1 Å². The van der Waals surface area contributed by atoms with Gasteiger partial charge in [0.15, 0.2) is 0 Å². The molecule has 2 N–H and O–H groups in total. The summed E-state index contributed by atoms with van der Waals surface area (Å²) in [4.78, 5) is 46.0. The number of nitrogens with one attached hydrogen (secondary N) is 2. The van der Waals surface area contributed by atoms with Gasteiger partial charge in [-0.05, 0) is 57.7 Å². The molecule has 0 heterocycles. The molecule has 2 amide bonds. The molecular formula is C20H28N2O4. The number of hydrogen-bond donors (Lipinski definition) is 2. The fourth-order valence-corrected chi connectivity index (χ4v) is 2.41. The van der Waals surface area contributed by atoms with Gasteiger partial charge in [-0.25, -0.2) is 0 Å². The van der Waals surface area contributed by atoms with Crippen LogP contribution in [0.1, 0.15) is 73.1 Å². The van der Waals surface area contributed by atoms with Crippen LogP contribution in [0.15, 0.2) is 24.3 Å². The summed E-state index contributed by atoms with van der Waals surface area (Å²) in [6.07, 6.45) is 4.04. The highest BCUT2D eigenvalue weighted by Crippen LogP contribution is 2.06. The molecule has 0 unspecified atom stereocenters. The molecule has 0 atom stereocenters. The molecular weight excluding hydrogens is 332 g/mol. The highest BCUT2D eigenvalue weighted by molar-refractivity contribution is 5.99. The number of ketones is 2. The SMILES string of the molecule is CC(=O)CCCCNC(=O)c1cccc(C(=O)NCCCCC(C)=O)c1. The summed E-state index contributed by atoms with van der Waals surface area (Å²) in [7, 11) is 0. The fourth-order valence-electron chi connectivity index (χ4n) is 2.41. The maximum atomic E-state index is 12.1. The molecule has 0 aliphatic heterocycles. The molecule has 0 saturated carbocycles. The summed E-state index contributed by atoms with van der Waals surface area (Å²) < 4.78 is 0. The molecule has 0 aromatic heterocycles. The van der Waals surface area contributed by atoms with Crippen LogP contribution < -0.4 is 10.6 Å². The summed E-state index contributed by atoms with van der Waals surface area (Å²) in [6.45, 7) is 4.11. The van der Waals surface area contributed by atoms with Crippen LogP contribution in [0.25, 0.3) is 0 Å². The maximum Gasteiger partial charge on any atom is 0.251 e. The Morgan fingerprint density at radius 1 is 0.731 bits per heavy atom. The molecule has 6 nitrogen and oxygen atoms in total. The van der Waals surface area contributed by atoms with Gasteiger partial charge in [-0.15, -0.1) is 0 Å². The minimum absolute atomic E-state index is 0.149. The molecule has 142 valence electrons. The van der Waals surface area contributed by atoms with Gasteiger partial charge >= 0.3 is 0 Å². The average Bonchev–Trinajstić information content (AvgIpc) is 2.60. The first-order valence-corrected chi connectivity index (χ1v) is 9.05. The van der Waals surface area contributed by atoms with E-state index >= 15 is 0 Å². The zero-order valence-electron chi connectivity index (χ0n) is 15.6. The van der Waals surface area contributed by atoms with E-state index in [1.165, 1.54) is 0 Å². The molecule has 6 heteroatoms. The smallest absolute Gasteiger partial charge is 0.251 e. The van der Waals surface area contributed by atoms with Crippen molar-refractivity contribution in [1.82, 2.24) is 10.6 Å². The number of hydrogen-bond acceptors (Lipinski definition) is 4. The molecule has 0 radical (unpaired) electrons. The fraction of sp³-hybridized carbons (Fsp3) is 0.500. The van der Waals surface area contributed by atoms with E-state index in [0.717, 1.165) is 25.7 Å². The summed E-state index contributed by atoms with van der Waals surface area (Å²) >= 11 is 0. The lowest BCUT2D eigenvalue weighted by atomic mass is 10.1. The highest BCUT2D eigenvalue weighted by Gasteiger charge is 2.10. The van der Waals surface area contributed by atoms with Crippen molar-refractivity contribution in [1.29, 1.82) is 0 Å². The van der Waals surface area contributed by atoms with Gasteiger partial charge in [0.1, 0.15) is 11.6 Å². The number of benzene rings is 1. The van der Waals surface area contributed by atoms with Crippen LogP contribution in [0.3, 0.4) is 0 Å². The van der Waals surface area contributed by atoms with E-state index in [-0.39, 0.29) is 23.4 Å². The Morgan fingerprint density at radius 3 is 1.54 bits per heavy atom. The van der Waals surface area contributed by atoms with Crippen molar-refractivity contribution in [2.45, 2.75) is 52.4 Å². The summed E-state index contributed by atoms with van der Waals surface area (Å²) in [6, 6.07) is 6.56. The third kappa shape index (κ3) is 9.11. The van der Waals surface area contributed by atoms with Crippen LogP contribution in [0.2, 0.25) is 0 Å². The lowest BCUT2D eigenvalue weighted by molar-refractivity contribution is -0.117. The molecule has 0 fully saturated rings. The number of unbranched alkanes of at least 4 members (excludes halogenated alkanes) is 2. The molecule has 26 heavy (non-hydrogen) atoms. The van der Waals surface area contributed by atoms with Crippen molar-refractivity contribution >= 4 is 23.4 Å². The Bertz CT molecular complexity index is 589. The first-order chi connectivity index (χ1) is 12.4. The van der Waals surface area contributed by atoms with Gasteiger partial charge in [0.05, 0.1) is 0 Å². The largest absolute Gasteiger partial charge is 0.352 e. The van der Waals surface area contributed by atoms with Crippen molar-refractivity contribution in [3.8, 4) is 0 Å². The zero-order valence-corrected chi connectivity index (χ0v) is 15.6. The van der Waals surface area contributed by atoms with E-state index < -0.39 is 0 Å². The van der Waals surface area contributed by atoms with Gasteiger partial charge in [-0.2, -0.15) is 0 Å². The Morgan fingerprint density at radius 2 is 1.15 bits per heavy atom. The molecule has 0 bridgehead atoms. The number of Topliss-reactive ketones (excluding diaryl/α,β-unsaturated/α-hetero) is 2. The van der Waals surface area contributed by atoms with Crippen LogP contribution in [0.4, 0.5) is 0 Å². The maximum absolute atomic E-state index is 12.1. The highest BCUT2D eigenvalue weighted by atomic mass is 16.2. The first-order valence-electron chi connectivity index (χ1n) is 9.05. The van der Waals surface area contributed by atoms with Gasteiger partial charge in [-0.3, -0.25) is 9.59 Å². The molecule has 0 aliphatic rings. The summed E-state index contributed by atoms with van der Waals surface area (Å²) in [5, 5.41) is 5.59. The lowest BCUT2D eigenvalue weighted by Crippen LogP contribution is -2.27. The number of amides is 2. The quantitative estimate of drug-likeness (QED) is 0.561. The molecule has 1 rings (SSSR count). The van der Waals surface area contributed by atoms with Crippen LogP contribution >= 0.6 is 0 Å². The van der Waals surface area contributed by atoms with Crippen molar-refractivity contribution in [3.05, 3.63) is 35.4 Å². The third-order valence-electron chi connectivity index (χ3n) is 3.87. The Balaban J connectivity index is 2.40. The summed E-state index contributed by atoms with van der Waals surface area (Å²) in [5.41, 5.74) is 0.863. The minimum Gasteiger partial charge on any atom is -0.352 e. The van der Waals surface area contributed by atoms with Crippen LogP contribution in [0.5, 0.6) is 0 Å². The number of carbonyl (C=O) groups is 4. The van der Waals surface area contributed by atoms with E-state index in [9.17, 15) is 19.2 Å². The molecule has 0 saturated heterocycles. The monoisotopic (exact) mass is 360 g/mol. The second-order valence-corrected chi connectivity index (χ2v) is 6.41. The standard InChI is InChI=1S/C20H28N2O4/c1-15(23)8-3-5-12-21-19(25)17-10-7-11-18(14-17)20(26)22-13-6-4-9-16(2)24/h7,10-11,14H,3-6,8-9,12-13H2,1-2H3,(H,21,25)(H,22,26). The van der Waals surface area contributed by atoms with Gasteiger partial charge in [-0.1, -0.05) is 6.07 Å². The predicted octanol–water partition coefficient (Wildman–Crippen LogP) is 2.66. The normalized spacial score (nSPS) is 10.2. The Kier molecular flexibility index (Phi) is 9.90. The topological polar surface area (TPSA) is 92.3 Å². The van der Waals surface area contributed by atoms with Gasteiger partial charge in [0.2, 0.25) is 0 Å². The first kappa shape index (κ1) is 21.5. The Hall–Kier alpha value is -2.50. The second-order valence-electron chi connectivity index (χ2n) is 6.41. The van der Waals surface area contributed by atoms with Crippen molar-refractivity contribution in [3.63, 3.8) is 0 Å². The van der Waals surface area contributed by atoms with Crippen molar-refractivity contribution in [2.75, 3.05) is 13.1 Å². The van der Waals surface area contributed by atoms with E-state index in [1.54, 1.807) is 38.1 Å². The number of carbonyl (C=O) groups excluding carboxylic acids is 4. The third-order valence-corrected chi connectivity index (χ3v) is 3.87. The zero-order chi connectivity index (χ0) is 19.4. The van der Waals surface area contributed by atoms with Crippen molar-refractivity contribution in [2.24, 2.45) is 0 Å². The molecule has 1 aromatic carbocycles. The average molecular weight is 360 g/mol. The van der Waals surface area contributed by atoms with Crippen LogP contribution in [0, 0.1) is 0 Å². The van der Waals surface area contributed by atoms with E-state index in [0.29, 0.717) is 37.1 Å². The van der Waals surface area contributed by atoms with E-state index in [2.05, 4.69) is 10.6 Å². The molecule has 0 aliphatic carbocycles. The van der Waals surface area contributed by atoms with E-state index in [1.807, 2.05) is 0 Å². The van der Waals surface area contributed by atoms with Gasteiger partial charge < -0.3 is 20.2 Å². The molecule has 1 aromatic rings. The van der Waals surface area contributed by atoms with Crippen LogP contribution in [-0.4, -0.2) is 36.5 Å². The minimum atomic E-state index is -0.232. The predicted molar refractivity (Wildman–Crippen MR) is 100 cm³/mol. The Labute approximate surface area is 154 Å². The van der Waals surface area contributed by atoms with Crippen molar-refractivity contribution < 1.29 is 19.2 Å². The summed E-state index contributed by atoms with van der Waals surface area (Å²) in [5.74, 6) is -0.166. The lowest BCUT2D eigenvalue weighted by Gasteiger charge is -2.08.